The maximum Gasteiger partial charge on any atom is 0.307 e. The molecule has 0 aromatic heterocycles. The molecular weight excluding hydrogens is 258 g/mol. The molecule has 5 heteroatoms. The summed E-state index contributed by atoms with van der Waals surface area (Å²) >= 11 is 0. The number of likely N-dealkylation sites (tertiary alicyclic amines) is 1. The highest BCUT2D eigenvalue weighted by Gasteiger charge is 2.29. The molecule has 0 saturated carbocycles. The van der Waals surface area contributed by atoms with Gasteiger partial charge in [0, 0.05) is 12.6 Å². The first-order valence-electron chi connectivity index (χ1n) is 7.01. The van der Waals surface area contributed by atoms with Crippen LogP contribution in [0.2, 0.25) is 0 Å². The van der Waals surface area contributed by atoms with Crippen molar-refractivity contribution in [1.29, 1.82) is 0 Å². The minimum absolute atomic E-state index is 0.187. The molecule has 1 fully saturated rings. The van der Waals surface area contributed by atoms with Crippen LogP contribution in [-0.2, 0) is 4.79 Å². The molecular formula is C15H19NO4. The molecule has 1 N–H and O–H groups in total. The van der Waals surface area contributed by atoms with Gasteiger partial charge < -0.3 is 14.6 Å². The average Bonchev–Trinajstić information content (AvgIpc) is 2.94. The Labute approximate surface area is 118 Å². The lowest BCUT2D eigenvalue weighted by atomic mass is 9.95. The number of benzene rings is 1. The topological polar surface area (TPSA) is 59.0 Å². The van der Waals surface area contributed by atoms with Crippen LogP contribution in [0.15, 0.2) is 18.2 Å². The number of rotatable bonds is 3. The van der Waals surface area contributed by atoms with Crippen molar-refractivity contribution in [3.05, 3.63) is 23.8 Å². The fourth-order valence-electron chi connectivity index (χ4n) is 2.94. The predicted molar refractivity (Wildman–Crippen MR) is 72.9 cm³/mol. The largest absolute Gasteiger partial charge is 0.481 e. The molecule has 2 atom stereocenters. The van der Waals surface area contributed by atoms with Gasteiger partial charge in [0.05, 0.1) is 5.92 Å². The average molecular weight is 277 g/mol. The standard InChI is InChI=1S/C15H19NO4/c1-10(16-6-2-3-12(8-16)15(17)18)11-4-5-13-14(7-11)20-9-19-13/h4-5,7,10,12H,2-3,6,8-9H2,1H3,(H,17,18). The van der Waals surface area contributed by atoms with Crippen molar-refractivity contribution in [2.75, 3.05) is 19.9 Å². The Kier molecular flexibility index (Phi) is 3.53. The van der Waals surface area contributed by atoms with E-state index in [9.17, 15) is 9.90 Å². The van der Waals surface area contributed by atoms with Crippen LogP contribution in [0.5, 0.6) is 11.5 Å². The summed E-state index contributed by atoms with van der Waals surface area (Å²) in [5.41, 5.74) is 1.14. The third-order valence-electron chi connectivity index (χ3n) is 4.23. The van der Waals surface area contributed by atoms with Gasteiger partial charge in [0.1, 0.15) is 0 Å². The van der Waals surface area contributed by atoms with Gasteiger partial charge in [0.2, 0.25) is 6.79 Å². The molecule has 1 saturated heterocycles. The first kappa shape index (κ1) is 13.2. The molecule has 0 radical (unpaired) electrons. The summed E-state index contributed by atoms with van der Waals surface area (Å²) in [7, 11) is 0. The number of carboxylic acid groups (broad SMARTS) is 1. The predicted octanol–water partition coefficient (Wildman–Crippen LogP) is 2.27. The zero-order chi connectivity index (χ0) is 14.1. The van der Waals surface area contributed by atoms with Crippen molar-refractivity contribution in [1.82, 2.24) is 4.90 Å². The first-order chi connectivity index (χ1) is 9.65. The van der Waals surface area contributed by atoms with Crippen LogP contribution in [0.1, 0.15) is 31.4 Å². The molecule has 2 aliphatic rings. The Morgan fingerprint density at radius 2 is 2.20 bits per heavy atom. The molecule has 0 aliphatic carbocycles. The zero-order valence-electron chi connectivity index (χ0n) is 11.5. The van der Waals surface area contributed by atoms with E-state index in [1.165, 1.54) is 0 Å². The summed E-state index contributed by atoms with van der Waals surface area (Å²) in [6, 6.07) is 6.14. The molecule has 3 rings (SSSR count). The van der Waals surface area contributed by atoms with E-state index in [4.69, 9.17) is 9.47 Å². The summed E-state index contributed by atoms with van der Waals surface area (Å²) < 4.78 is 10.7. The number of ether oxygens (including phenoxy) is 2. The van der Waals surface area contributed by atoms with E-state index in [0.717, 1.165) is 36.4 Å². The fourth-order valence-corrected chi connectivity index (χ4v) is 2.94. The lowest BCUT2D eigenvalue weighted by Gasteiger charge is -2.35. The van der Waals surface area contributed by atoms with E-state index in [0.29, 0.717) is 6.54 Å². The van der Waals surface area contributed by atoms with Crippen LogP contribution in [0.3, 0.4) is 0 Å². The quantitative estimate of drug-likeness (QED) is 0.918. The van der Waals surface area contributed by atoms with Gasteiger partial charge in [-0.3, -0.25) is 9.69 Å². The summed E-state index contributed by atoms with van der Waals surface area (Å²) in [5.74, 6) is 0.622. The second-order valence-electron chi connectivity index (χ2n) is 5.46. The van der Waals surface area contributed by atoms with Crippen molar-refractivity contribution in [2.45, 2.75) is 25.8 Å². The van der Waals surface area contributed by atoms with E-state index in [-0.39, 0.29) is 18.8 Å². The fraction of sp³-hybridized carbons (Fsp3) is 0.533. The Hall–Kier alpha value is -1.75. The van der Waals surface area contributed by atoms with Crippen molar-refractivity contribution in [3.63, 3.8) is 0 Å². The summed E-state index contributed by atoms with van der Waals surface area (Å²) in [4.78, 5) is 13.4. The number of nitrogens with zero attached hydrogens (tertiary/aromatic N) is 1. The molecule has 108 valence electrons. The van der Waals surface area contributed by atoms with E-state index < -0.39 is 5.97 Å². The van der Waals surface area contributed by atoms with Crippen LogP contribution in [0, 0.1) is 5.92 Å². The number of carbonyl (C=O) groups is 1. The van der Waals surface area contributed by atoms with Gasteiger partial charge in [-0.2, -0.15) is 0 Å². The molecule has 2 unspecified atom stereocenters. The second-order valence-corrected chi connectivity index (χ2v) is 5.46. The zero-order valence-corrected chi connectivity index (χ0v) is 11.5. The number of piperidine rings is 1. The van der Waals surface area contributed by atoms with E-state index in [2.05, 4.69) is 11.8 Å². The van der Waals surface area contributed by atoms with Gasteiger partial charge in [-0.05, 0) is 44.0 Å². The number of carboxylic acids is 1. The highest BCUT2D eigenvalue weighted by Crippen LogP contribution is 2.36. The number of hydrogen-bond donors (Lipinski definition) is 1. The Bertz CT molecular complexity index is 517. The summed E-state index contributed by atoms with van der Waals surface area (Å²) in [6.45, 7) is 3.95. The Morgan fingerprint density at radius 3 is 3.00 bits per heavy atom. The monoisotopic (exact) mass is 277 g/mol. The van der Waals surface area contributed by atoms with Crippen LogP contribution >= 0.6 is 0 Å². The molecule has 0 spiro atoms. The SMILES string of the molecule is CC(c1ccc2c(c1)OCO2)N1CCCC(C(=O)O)C1. The van der Waals surface area contributed by atoms with Crippen molar-refractivity contribution >= 4 is 5.97 Å². The lowest BCUT2D eigenvalue weighted by Crippen LogP contribution is -2.40. The minimum atomic E-state index is -0.687. The Balaban J connectivity index is 1.75. The van der Waals surface area contributed by atoms with Gasteiger partial charge in [-0.1, -0.05) is 6.07 Å². The normalized spacial score (nSPS) is 23.6. The highest BCUT2D eigenvalue weighted by molar-refractivity contribution is 5.70. The number of fused-ring (bicyclic) bond motifs is 1. The van der Waals surface area contributed by atoms with Crippen LogP contribution in [-0.4, -0.2) is 35.9 Å². The summed E-state index contributed by atoms with van der Waals surface area (Å²) in [6.07, 6.45) is 1.71. The van der Waals surface area contributed by atoms with Gasteiger partial charge in [0.25, 0.3) is 0 Å². The van der Waals surface area contributed by atoms with Gasteiger partial charge >= 0.3 is 5.97 Å². The summed E-state index contributed by atoms with van der Waals surface area (Å²) in [5, 5.41) is 9.17. The smallest absolute Gasteiger partial charge is 0.307 e. The number of hydrogen-bond acceptors (Lipinski definition) is 4. The Morgan fingerprint density at radius 1 is 1.40 bits per heavy atom. The van der Waals surface area contributed by atoms with E-state index >= 15 is 0 Å². The second kappa shape index (κ2) is 5.32. The molecule has 1 aromatic carbocycles. The highest BCUT2D eigenvalue weighted by atomic mass is 16.7. The van der Waals surface area contributed by atoms with E-state index in [1.807, 2.05) is 18.2 Å². The third kappa shape index (κ3) is 2.45. The van der Waals surface area contributed by atoms with Crippen molar-refractivity contribution in [2.24, 2.45) is 5.92 Å². The molecule has 2 heterocycles. The van der Waals surface area contributed by atoms with Crippen LogP contribution < -0.4 is 9.47 Å². The number of aliphatic carboxylic acids is 1. The lowest BCUT2D eigenvalue weighted by molar-refractivity contribution is -0.143. The molecule has 0 amide bonds. The van der Waals surface area contributed by atoms with Crippen molar-refractivity contribution in [3.8, 4) is 11.5 Å². The molecule has 2 aliphatic heterocycles. The molecule has 1 aromatic rings. The minimum Gasteiger partial charge on any atom is -0.481 e. The molecule has 5 nitrogen and oxygen atoms in total. The maximum atomic E-state index is 11.1. The van der Waals surface area contributed by atoms with Gasteiger partial charge in [-0.25, -0.2) is 0 Å². The van der Waals surface area contributed by atoms with Gasteiger partial charge in [-0.15, -0.1) is 0 Å². The maximum absolute atomic E-state index is 11.1. The first-order valence-corrected chi connectivity index (χ1v) is 7.01. The van der Waals surface area contributed by atoms with Gasteiger partial charge in [0.15, 0.2) is 11.5 Å². The van der Waals surface area contributed by atoms with Crippen LogP contribution in [0.25, 0.3) is 0 Å². The van der Waals surface area contributed by atoms with E-state index in [1.54, 1.807) is 0 Å². The van der Waals surface area contributed by atoms with Crippen LogP contribution in [0.4, 0.5) is 0 Å². The molecule has 0 bridgehead atoms. The van der Waals surface area contributed by atoms with Crippen molar-refractivity contribution < 1.29 is 19.4 Å². The molecule has 20 heavy (non-hydrogen) atoms. The third-order valence-corrected chi connectivity index (χ3v) is 4.23.